The van der Waals surface area contributed by atoms with Crippen molar-refractivity contribution in [3.63, 3.8) is 0 Å². The Morgan fingerprint density at radius 2 is 1.67 bits per heavy atom. The Labute approximate surface area is 111 Å². The molecule has 0 aromatic rings. The lowest BCUT2D eigenvalue weighted by molar-refractivity contribution is -0.126. The van der Waals surface area contributed by atoms with Crippen molar-refractivity contribution in [3.8, 4) is 0 Å². The Kier molecular flexibility index (Phi) is 5.48. The molecule has 0 radical (unpaired) electrons. The zero-order valence-electron chi connectivity index (χ0n) is 11.7. The summed E-state index contributed by atoms with van der Waals surface area (Å²) >= 11 is 0. The smallest absolute Gasteiger partial charge is 0.223 e. The molecule has 0 saturated heterocycles. The second-order valence-corrected chi connectivity index (χ2v) is 6.09. The second kappa shape index (κ2) is 7.13. The summed E-state index contributed by atoms with van der Waals surface area (Å²) in [6.45, 7) is 0.921. The third-order valence-corrected chi connectivity index (χ3v) is 4.80. The Balaban J connectivity index is 1.65. The van der Waals surface area contributed by atoms with Gasteiger partial charge in [-0.15, -0.1) is 0 Å². The van der Waals surface area contributed by atoms with Gasteiger partial charge in [0.2, 0.25) is 5.91 Å². The van der Waals surface area contributed by atoms with Crippen LogP contribution in [0.4, 0.5) is 0 Å². The summed E-state index contributed by atoms with van der Waals surface area (Å²) in [5.74, 6) is 1.34. The first-order chi connectivity index (χ1) is 8.79. The second-order valence-electron chi connectivity index (χ2n) is 6.09. The predicted octanol–water partition coefficient (Wildman–Crippen LogP) is 2.46. The fourth-order valence-electron chi connectivity index (χ4n) is 3.42. The van der Waals surface area contributed by atoms with Crippen LogP contribution in [-0.4, -0.2) is 25.5 Å². The standard InChI is InChI=1S/C15H28N2O/c1-16-14-9-7-13(8-10-14)15(18)17-11-12-5-3-2-4-6-12/h12-14,16H,2-11H2,1H3,(H,17,18). The van der Waals surface area contributed by atoms with Crippen LogP contribution in [0.5, 0.6) is 0 Å². The van der Waals surface area contributed by atoms with Crippen molar-refractivity contribution in [1.82, 2.24) is 10.6 Å². The highest BCUT2D eigenvalue weighted by Crippen LogP contribution is 2.25. The summed E-state index contributed by atoms with van der Waals surface area (Å²) in [5.41, 5.74) is 0. The minimum atomic E-state index is 0.276. The molecular weight excluding hydrogens is 224 g/mol. The first kappa shape index (κ1) is 13.9. The lowest BCUT2D eigenvalue weighted by Gasteiger charge is -2.28. The largest absolute Gasteiger partial charge is 0.356 e. The molecule has 3 heteroatoms. The highest BCUT2D eigenvalue weighted by atomic mass is 16.1. The van der Waals surface area contributed by atoms with Crippen molar-refractivity contribution in [1.29, 1.82) is 0 Å². The number of amides is 1. The Hall–Kier alpha value is -0.570. The van der Waals surface area contributed by atoms with E-state index in [1.165, 1.54) is 32.1 Å². The van der Waals surface area contributed by atoms with Gasteiger partial charge in [0, 0.05) is 18.5 Å². The van der Waals surface area contributed by atoms with Crippen molar-refractivity contribution in [2.75, 3.05) is 13.6 Å². The van der Waals surface area contributed by atoms with E-state index in [9.17, 15) is 4.79 Å². The molecule has 2 aliphatic carbocycles. The van der Waals surface area contributed by atoms with Gasteiger partial charge in [-0.3, -0.25) is 4.79 Å². The molecule has 1 amide bonds. The van der Waals surface area contributed by atoms with Gasteiger partial charge in [-0.1, -0.05) is 19.3 Å². The Morgan fingerprint density at radius 3 is 2.28 bits per heavy atom. The first-order valence-corrected chi connectivity index (χ1v) is 7.74. The van der Waals surface area contributed by atoms with E-state index in [1.807, 2.05) is 7.05 Å². The number of hydrogen-bond donors (Lipinski definition) is 2. The number of hydrogen-bond acceptors (Lipinski definition) is 2. The fourth-order valence-corrected chi connectivity index (χ4v) is 3.42. The van der Waals surface area contributed by atoms with Crippen LogP contribution in [0.25, 0.3) is 0 Å². The van der Waals surface area contributed by atoms with Crippen LogP contribution in [0, 0.1) is 11.8 Å². The van der Waals surface area contributed by atoms with Gasteiger partial charge in [0.05, 0.1) is 0 Å². The summed E-state index contributed by atoms with van der Waals surface area (Å²) in [4.78, 5) is 12.1. The third-order valence-electron chi connectivity index (χ3n) is 4.80. The molecule has 0 aromatic heterocycles. The highest BCUT2D eigenvalue weighted by molar-refractivity contribution is 5.78. The summed E-state index contributed by atoms with van der Waals surface area (Å²) in [5, 5.41) is 6.51. The summed E-state index contributed by atoms with van der Waals surface area (Å²) in [7, 11) is 2.02. The molecule has 0 unspecified atom stereocenters. The number of carbonyl (C=O) groups excluding carboxylic acids is 1. The molecule has 2 fully saturated rings. The molecule has 3 nitrogen and oxygen atoms in total. The van der Waals surface area contributed by atoms with E-state index in [0.29, 0.717) is 11.9 Å². The van der Waals surface area contributed by atoms with Crippen LogP contribution in [0.1, 0.15) is 57.8 Å². The molecule has 0 heterocycles. The van der Waals surface area contributed by atoms with Gasteiger partial charge >= 0.3 is 0 Å². The average molecular weight is 252 g/mol. The minimum absolute atomic E-state index is 0.276. The van der Waals surface area contributed by atoms with E-state index in [0.717, 1.165) is 38.1 Å². The predicted molar refractivity (Wildman–Crippen MR) is 74.4 cm³/mol. The van der Waals surface area contributed by atoms with Gasteiger partial charge in [-0.2, -0.15) is 0 Å². The van der Waals surface area contributed by atoms with E-state index < -0.39 is 0 Å². The number of nitrogens with one attached hydrogen (secondary N) is 2. The Bertz CT molecular complexity index is 253. The summed E-state index contributed by atoms with van der Waals surface area (Å²) < 4.78 is 0. The van der Waals surface area contributed by atoms with Gasteiger partial charge in [0.15, 0.2) is 0 Å². The van der Waals surface area contributed by atoms with E-state index in [-0.39, 0.29) is 5.92 Å². The van der Waals surface area contributed by atoms with E-state index in [1.54, 1.807) is 0 Å². The molecular formula is C15H28N2O. The molecule has 2 rings (SSSR count). The van der Waals surface area contributed by atoms with E-state index >= 15 is 0 Å². The highest BCUT2D eigenvalue weighted by Gasteiger charge is 2.25. The Morgan fingerprint density at radius 1 is 1.00 bits per heavy atom. The molecule has 2 aliphatic rings. The van der Waals surface area contributed by atoms with Crippen LogP contribution in [-0.2, 0) is 4.79 Å². The van der Waals surface area contributed by atoms with E-state index in [4.69, 9.17) is 0 Å². The van der Waals surface area contributed by atoms with Crippen LogP contribution in [0.15, 0.2) is 0 Å². The molecule has 18 heavy (non-hydrogen) atoms. The summed E-state index contributed by atoms with van der Waals surface area (Å²) in [6, 6.07) is 0.632. The SMILES string of the molecule is CNC1CCC(C(=O)NCC2CCCCC2)CC1. The molecule has 2 saturated carbocycles. The van der Waals surface area contributed by atoms with Crippen LogP contribution >= 0.6 is 0 Å². The molecule has 0 spiro atoms. The maximum Gasteiger partial charge on any atom is 0.223 e. The minimum Gasteiger partial charge on any atom is -0.356 e. The molecule has 0 aliphatic heterocycles. The van der Waals surface area contributed by atoms with Crippen LogP contribution in [0.2, 0.25) is 0 Å². The van der Waals surface area contributed by atoms with Gasteiger partial charge in [0.1, 0.15) is 0 Å². The molecule has 0 atom stereocenters. The zero-order chi connectivity index (χ0) is 12.8. The van der Waals surface area contributed by atoms with Gasteiger partial charge < -0.3 is 10.6 Å². The van der Waals surface area contributed by atoms with Gasteiger partial charge in [-0.25, -0.2) is 0 Å². The maximum absolute atomic E-state index is 12.1. The van der Waals surface area contributed by atoms with Crippen molar-refractivity contribution in [2.24, 2.45) is 11.8 Å². The lowest BCUT2D eigenvalue weighted by Crippen LogP contribution is -2.39. The van der Waals surface area contributed by atoms with Crippen molar-refractivity contribution < 1.29 is 4.79 Å². The average Bonchev–Trinajstić information content (AvgIpc) is 2.46. The molecule has 104 valence electrons. The number of carbonyl (C=O) groups is 1. The fraction of sp³-hybridized carbons (Fsp3) is 0.933. The van der Waals surface area contributed by atoms with Gasteiger partial charge in [-0.05, 0) is 51.5 Å². The lowest BCUT2D eigenvalue weighted by atomic mass is 9.85. The van der Waals surface area contributed by atoms with Crippen molar-refractivity contribution in [2.45, 2.75) is 63.8 Å². The zero-order valence-corrected chi connectivity index (χ0v) is 11.7. The normalized spacial score (nSPS) is 30.1. The summed E-state index contributed by atoms with van der Waals surface area (Å²) in [6.07, 6.45) is 11.1. The van der Waals surface area contributed by atoms with Crippen LogP contribution < -0.4 is 10.6 Å². The third kappa shape index (κ3) is 3.98. The molecule has 0 bridgehead atoms. The van der Waals surface area contributed by atoms with E-state index in [2.05, 4.69) is 10.6 Å². The van der Waals surface area contributed by atoms with Gasteiger partial charge in [0.25, 0.3) is 0 Å². The maximum atomic E-state index is 12.1. The first-order valence-electron chi connectivity index (χ1n) is 7.74. The molecule has 2 N–H and O–H groups in total. The topological polar surface area (TPSA) is 41.1 Å². The van der Waals surface area contributed by atoms with Crippen molar-refractivity contribution >= 4 is 5.91 Å². The van der Waals surface area contributed by atoms with Crippen LogP contribution in [0.3, 0.4) is 0 Å². The molecule has 0 aromatic carbocycles. The quantitative estimate of drug-likeness (QED) is 0.807. The number of rotatable bonds is 4. The monoisotopic (exact) mass is 252 g/mol. The van der Waals surface area contributed by atoms with Crippen molar-refractivity contribution in [3.05, 3.63) is 0 Å².